The summed E-state index contributed by atoms with van der Waals surface area (Å²) < 4.78 is 23.0. The average Bonchev–Trinajstić information content (AvgIpc) is 3.47. The average molecular weight is 462 g/mol. The first-order valence-electron chi connectivity index (χ1n) is 7.84. The summed E-state index contributed by atoms with van der Waals surface area (Å²) in [7, 11) is 4.13. The molecule has 0 fully saturated rings. The maximum atomic E-state index is 10.6. The molecule has 0 aliphatic rings. The third-order valence-electron chi connectivity index (χ3n) is 2.65. The summed E-state index contributed by atoms with van der Waals surface area (Å²) >= 11 is 3.13. The number of hydrogen-bond donors (Lipinski definition) is 0. The molecule has 0 aliphatic heterocycles. The van der Waals surface area contributed by atoms with Crippen LogP contribution < -0.4 is 0 Å². The van der Waals surface area contributed by atoms with Gasteiger partial charge in [-0.2, -0.15) is 22.7 Å². The topological polar surface area (TPSA) is 97.4 Å². The Labute approximate surface area is 179 Å². The summed E-state index contributed by atoms with van der Waals surface area (Å²) in [5.41, 5.74) is 1.80. The molecule has 29 heavy (non-hydrogen) atoms. The van der Waals surface area contributed by atoms with Crippen LogP contribution in [0, 0.1) is 0 Å². The Bertz CT molecular complexity index is 698. The van der Waals surface area contributed by atoms with E-state index in [1.54, 1.807) is 23.5 Å². The van der Waals surface area contributed by atoms with Gasteiger partial charge >= 0.3 is 20.5 Å². The molecule has 0 amide bonds. The molecule has 0 aromatic carbocycles. The fraction of sp³-hybridized carbons (Fsp3) is 0.278. The first kappa shape index (κ1) is 27.1. The van der Waals surface area contributed by atoms with Crippen LogP contribution in [0.4, 0.5) is 0 Å². The van der Waals surface area contributed by atoms with Gasteiger partial charge in [-0.1, -0.05) is 0 Å². The minimum Gasteiger partial charge on any atom is -0.467 e. The van der Waals surface area contributed by atoms with Crippen LogP contribution in [0.3, 0.4) is 0 Å². The second-order valence-corrected chi connectivity index (χ2v) is 7.52. The van der Waals surface area contributed by atoms with E-state index in [2.05, 4.69) is 9.47 Å². The van der Waals surface area contributed by atoms with Gasteiger partial charge in [-0.15, -0.1) is 0 Å². The standard InChI is InChI=1S/C8H8O2S.C5H11O5P.C5H4OS/c1-10-8(9)3-2-7-4-5-11-6-7;1-7-5(6)4-10-11(8-2)9-3;6-3-5-1-2-7-4-5/h2-6H,1H3;4H2,1-3H3;1-4H/b3-2+;;. The fourth-order valence-electron chi connectivity index (χ4n) is 1.29. The zero-order chi connectivity index (χ0) is 21.9. The molecule has 160 valence electrons. The molecule has 2 aromatic heterocycles. The quantitative estimate of drug-likeness (QED) is 0.249. The Kier molecular flexibility index (Phi) is 16.9. The molecule has 0 atom stereocenters. The van der Waals surface area contributed by atoms with Crippen molar-refractivity contribution < 1.29 is 37.4 Å². The number of aldehydes is 1. The van der Waals surface area contributed by atoms with Gasteiger partial charge < -0.3 is 23.0 Å². The highest BCUT2D eigenvalue weighted by molar-refractivity contribution is 7.41. The van der Waals surface area contributed by atoms with E-state index in [1.807, 2.05) is 27.6 Å². The smallest absolute Gasteiger partial charge is 0.332 e. The summed E-state index contributed by atoms with van der Waals surface area (Å²) in [4.78, 5) is 31.0. The molecular weight excluding hydrogens is 439 g/mol. The van der Waals surface area contributed by atoms with E-state index in [-0.39, 0.29) is 12.6 Å². The molecule has 0 unspecified atom stereocenters. The van der Waals surface area contributed by atoms with Crippen molar-refractivity contribution in [3.8, 4) is 0 Å². The first-order chi connectivity index (χ1) is 14.0. The molecule has 2 heterocycles. The van der Waals surface area contributed by atoms with E-state index in [0.29, 0.717) is 0 Å². The summed E-state index contributed by atoms with van der Waals surface area (Å²) in [6, 6.07) is 3.72. The van der Waals surface area contributed by atoms with Crippen LogP contribution in [0.5, 0.6) is 0 Å². The van der Waals surface area contributed by atoms with Gasteiger partial charge in [0.05, 0.1) is 14.2 Å². The van der Waals surface area contributed by atoms with Crippen molar-refractivity contribution in [2.24, 2.45) is 0 Å². The molecule has 0 spiro atoms. The predicted molar refractivity (Wildman–Crippen MR) is 114 cm³/mol. The number of thiophene rings is 2. The summed E-state index contributed by atoms with van der Waals surface area (Å²) in [6.45, 7) is -0.149. The number of esters is 2. The maximum Gasteiger partial charge on any atom is 0.332 e. The van der Waals surface area contributed by atoms with E-state index >= 15 is 0 Å². The Hall–Kier alpha value is -1.94. The highest BCUT2D eigenvalue weighted by Crippen LogP contribution is 2.36. The second kappa shape index (κ2) is 18.1. The normalized spacial score (nSPS) is 9.83. The Balaban J connectivity index is 0.000000416. The molecule has 0 bridgehead atoms. The molecule has 8 nitrogen and oxygen atoms in total. The van der Waals surface area contributed by atoms with Crippen molar-refractivity contribution in [2.75, 3.05) is 35.0 Å². The van der Waals surface area contributed by atoms with Crippen LogP contribution in [0.15, 0.2) is 39.7 Å². The Morgan fingerprint density at radius 2 is 1.55 bits per heavy atom. The van der Waals surface area contributed by atoms with Gasteiger partial charge in [0.1, 0.15) is 0 Å². The van der Waals surface area contributed by atoms with Crippen molar-refractivity contribution in [1.29, 1.82) is 0 Å². The number of rotatable bonds is 8. The zero-order valence-corrected chi connectivity index (χ0v) is 19.0. The Morgan fingerprint density at radius 1 is 0.966 bits per heavy atom. The third-order valence-corrected chi connectivity index (χ3v) is 4.99. The maximum absolute atomic E-state index is 10.6. The molecule has 0 radical (unpaired) electrons. The van der Waals surface area contributed by atoms with Crippen molar-refractivity contribution in [3.05, 3.63) is 50.9 Å². The monoisotopic (exact) mass is 462 g/mol. The van der Waals surface area contributed by atoms with Crippen LogP contribution in [0.1, 0.15) is 15.9 Å². The zero-order valence-electron chi connectivity index (χ0n) is 16.4. The summed E-state index contributed by atoms with van der Waals surface area (Å²) in [5, 5.41) is 7.60. The van der Waals surface area contributed by atoms with Crippen molar-refractivity contribution in [3.63, 3.8) is 0 Å². The SMILES string of the molecule is COC(=O)/C=C/c1ccsc1.COC(=O)COP(OC)OC.O=Cc1ccsc1. The van der Waals surface area contributed by atoms with E-state index in [9.17, 15) is 14.4 Å². The minimum atomic E-state index is -1.40. The van der Waals surface area contributed by atoms with Gasteiger partial charge in [-0.25, -0.2) is 9.59 Å². The molecule has 0 saturated carbocycles. The van der Waals surface area contributed by atoms with Gasteiger partial charge in [0, 0.05) is 31.2 Å². The van der Waals surface area contributed by atoms with Gasteiger partial charge in [-0.05, 0) is 39.9 Å². The molecule has 0 aliphatic carbocycles. The molecule has 11 heteroatoms. The molecule has 2 aromatic rings. The van der Waals surface area contributed by atoms with Gasteiger partial charge in [0.25, 0.3) is 0 Å². The van der Waals surface area contributed by atoms with Crippen LogP contribution in [-0.4, -0.2) is 53.3 Å². The van der Waals surface area contributed by atoms with E-state index in [4.69, 9.17) is 13.6 Å². The number of ether oxygens (including phenoxy) is 2. The lowest BCUT2D eigenvalue weighted by molar-refractivity contribution is -0.143. The number of carbonyl (C=O) groups excluding carboxylic acids is 3. The van der Waals surface area contributed by atoms with Crippen LogP contribution in [0.2, 0.25) is 0 Å². The number of methoxy groups -OCH3 is 2. The highest BCUT2D eigenvalue weighted by atomic mass is 32.1. The fourth-order valence-corrected chi connectivity index (χ4v) is 3.09. The highest BCUT2D eigenvalue weighted by Gasteiger charge is 2.10. The Morgan fingerprint density at radius 3 is 1.93 bits per heavy atom. The summed E-state index contributed by atoms with van der Waals surface area (Å²) in [5.74, 6) is -0.775. The lowest BCUT2D eigenvalue weighted by Gasteiger charge is -2.09. The van der Waals surface area contributed by atoms with Crippen LogP contribution in [0.25, 0.3) is 6.08 Å². The van der Waals surface area contributed by atoms with Crippen molar-refractivity contribution in [1.82, 2.24) is 0 Å². The predicted octanol–water partition coefficient (Wildman–Crippen LogP) is 4.19. The number of hydrogen-bond acceptors (Lipinski definition) is 10. The largest absolute Gasteiger partial charge is 0.467 e. The minimum absolute atomic E-state index is 0.149. The van der Waals surface area contributed by atoms with E-state index in [1.165, 1.54) is 45.9 Å². The van der Waals surface area contributed by atoms with Crippen LogP contribution >= 0.6 is 31.3 Å². The van der Waals surface area contributed by atoms with E-state index < -0.39 is 14.6 Å². The molecule has 2 rings (SSSR count). The molecule has 0 saturated heterocycles. The summed E-state index contributed by atoms with van der Waals surface area (Å²) in [6.07, 6.45) is 3.97. The lowest BCUT2D eigenvalue weighted by Crippen LogP contribution is -2.08. The van der Waals surface area contributed by atoms with Gasteiger partial charge in [-0.3, -0.25) is 4.79 Å². The third kappa shape index (κ3) is 14.7. The molecular formula is C18H23O8PS2. The second-order valence-electron chi connectivity index (χ2n) is 4.53. The van der Waals surface area contributed by atoms with Crippen molar-refractivity contribution >= 4 is 55.6 Å². The van der Waals surface area contributed by atoms with Gasteiger partial charge in [0.2, 0.25) is 0 Å². The van der Waals surface area contributed by atoms with Crippen molar-refractivity contribution in [2.45, 2.75) is 0 Å². The first-order valence-corrected chi connectivity index (χ1v) is 10.8. The van der Waals surface area contributed by atoms with Gasteiger partial charge in [0.15, 0.2) is 12.9 Å². The number of carbonyl (C=O) groups is 3. The van der Waals surface area contributed by atoms with E-state index in [0.717, 1.165) is 17.4 Å². The lowest BCUT2D eigenvalue weighted by atomic mass is 10.3. The molecule has 0 N–H and O–H groups in total. The van der Waals surface area contributed by atoms with Crippen LogP contribution in [-0.2, 0) is 32.6 Å².